The van der Waals surface area contributed by atoms with Crippen molar-refractivity contribution in [3.63, 3.8) is 0 Å². The van der Waals surface area contributed by atoms with Gasteiger partial charge >= 0.3 is 0 Å². The first kappa shape index (κ1) is 13.7. The fraction of sp³-hybridized carbons (Fsp3) is 0.600. The molecule has 2 nitrogen and oxygen atoms in total. The van der Waals surface area contributed by atoms with Gasteiger partial charge in [-0.25, -0.2) is 0 Å². The van der Waals surface area contributed by atoms with Crippen LogP contribution in [0.2, 0.25) is 5.02 Å². The summed E-state index contributed by atoms with van der Waals surface area (Å²) in [6.07, 6.45) is 3.95. The molecule has 1 aliphatic carbocycles. The lowest BCUT2D eigenvalue weighted by Crippen LogP contribution is -2.19. The molecule has 0 amide bonds. The second-order valence-electron chi connectivity index (χ2n) is 5.08. The van der Waals surface area contributed by atoms with E-state index < -0.39 is 0 Å². The average molecular weight is 268 g/mol. The summed E-state index contributed by atoms with van der Waals surface area (Å²) in [6.45, 7) is 6.01. The van der Waals surface area contributed by atoms with Crippen LogP contribution in [0, 0.1) is 5.92 Å². The number of halogens is 1. The lowest BCUT2D eigenvalue weighted by atomic mass is 9.86. The van der Waals surface area contributed by atoms with Crippen molar-refractivity contribution in [3.05, 3.63) is 28.8 Å². The number of ether oxygens (including phenoxy) is 1. The average Bonchev–Trinajstić information content (AvgIpc) is 2.29. The Hall–Kier alpha value is -0.730. The minimum absolute atomic E-state index is 0.327. The smallest absolute Gasteiger partial charge is 0.137 e. The van der Waals surface area contributed by atoms with Crippen molar-refractivity contribution < 1.29 is 4.74 Å². The van der Waals surface area contributed by atoms with Crippen molar-refractivity contribution in [2.45, 2.75) is 39.2 Å². The van der Waals surface area contributed by atoms with Crippen LogP contribution in [-0.4, -0.2) is 13.2 Å². The minimum atomic E-state index is 0.327. The first-order valence-electron chi connectivity index (χ1n) is 6.86. The Kier molecular flexibility index (Phi) is 4.90. The van der Waals surface area contributed by atoms with Crippen molar-refractivity contribution in [1.82, 2.24) is 5.32 Å². The molecule has 0 spiro atoms. The number of hydrogen-bond donors (Lipinski definition) is 1. The topological polar surface area (TPSA) is 21.3 Å². The predicted octanol–water partition coefficient (Wildman–Crippen LogP) is 4.19. The van der Waals surface area contributed by atoms with E-state index in [4.69, 9.17) is 16.3 Å². The highest BCUT2D eigenvalue weighted by molar-refractivity contribution is 6.32. The lowest BCUT2D eigenvalue weighted by molar-refractivity contribution is 0.180. The van der Waals surface area contributed by atoms with E-state index in [0.717, 1.165) is 29.8 Å². The normalized spacial score (nSPS) is 17.3. The highest BCUT2D eigenvalue weighted by Crippen LogP contribution is 2.31. The van der Waals surface area contributed by atoms with E-state index >= 15 is 0 Å². The summed E-state index contributed by atoms with van der Waals surface area (Å²) in [6, 6.07) is 6.41. The standard InChI is InChI=1S/C15H22ClNO/c1-3-17-11(2)13-7-8-15(14(16)9-13)18-10-12-5-4-6-12/h7-9,11-12,17H,3-6,10H2,1-2H3. The Bertz CT molecular complexity index is 390. The van der Waals surface area contributed by atoms with Crippen LogP contribution in [0.5, 0.6) is 5.75 Å². The van der Waals surface area contributed by atoms with Crippen molar-refractivity contribution in [3.8, 4) is 5.75 Å². The van der Waals surface area contributed by atoms with Gasteiger partial charge < -0.3 is 10.1 Å². The Morgan fingerprint density at radius 2 is 2.22 bits per heavy atom. The summed E-state index contributed by atoms with van der Waals surface area (Å²) in [5.74, 6) is 1.55. The van der Waals surface area contributed by atoms with Gasteiger partial charge in [0.05, 0.1) is 11.6 Å². The van der Waals surface area contributed by atoms with Gasteiger partial charge in [-0.15, -0.1) is 0 Å². The summed E-state index contributed by atoms with van der Waals surface area (Å²) >= 11 is 6.27. The molecule has 1 unspecified atom stereocenters. The van der Waals surface area contributed by atoms with Crippen LogP contribution in [0.25, 0.3) is 0 Å². The maximum atomic E-state index is 6.27. The highest BCUT2D eigenvalue weighted by atomic mass is 35.5. The Balaban J connectivity index is 1.95. The molecule has 1 saturated carbocycles. The molecule has 0 bridgehead atoms. The van der Waals surface area contributed by atoms with Crippen LogP contribution in [0.3, 0.4) is 0 Å². The molecule has 100 valence electrons. The summed E-state index contributed by atoms with van der Waals surface area (Å²) in [7, 11) is 0. The molecule has 0 heterocycles. The van der Waals surface area contributed by atoms with Gasteiger partial charge in [-0.2, -0.15) is 0 Å². The second kappa shape index (κ2) is 6.44. The number of nitrogens with one attached hydrogen (secondary N) is 1. The Morgan fingerprint density at radius 1 is 1.44 bits per heavy atom. The van der Waals surface area contributed by atoms with Crippen LogP contribution in [0.1, 0.15) is 44.7 Å². The van der Waals surface area contributed by atoms with Crippen LogP contribution in [-0.2, 0) is 0 Å². The van der Waals surface area contributed by atoms with E-state index in [1.165, 1.54) is 24.8 Å². The zero-order valence-corrected chi connectivity index (χ0v) is 12.0. The van der Waals surface area contributed by atoms with E-state index in [1.54, 1.807) is 0 Å². The minimum Gasteiger partial charge on any atom is -0.492 e. The largest absolute Gasteiger partial charge is 0.492 e. The predicted molar refractivity (Wildman–Crippen MR) is 76.4 cm³/mol. The molecule has 1 aromatic carbocycles. The molecule has 1 aromatic rings. The molecule has 1 atom stereocenters. The molecule has 3 heteroatoms. The highest BCUT2D eigenvalue weighted by Gasteiger charge is 2.18. The van der Waals surface area contributed by atoms with E-state index in [0.29, 0.717) is 6.04 Å². The van der Waals surface area contributed by atoms with Crippen LogP contribution in [0.15, 0.2) is 18.2 Å². The van der Waals surface area contributed by atoms with Gasteiger partial charge in [-0.05, 0) is 49.9 Å². The van der Waals surface area contributed by atoms with Crippen molar-refractivity contribution >= 4 is 11.6 Å². The Morgan fingerprint density at radius 3 is 2.78 bits per heavy atom. The van der Waals surface area contributed by atoms with Gasteiger partial charge in [-0.1, -0.05) is 31.0 Å². The second-order valence-corrected chi connectivity index (χ2v) is 5.48. The van der Waals surface area contributed by atoms with Gasteiger partial charge in [0.25, 0.3) is 0 Å². The fourth-order valence-electron chi connectivity index (χ4n) is 2.19. The third-order valence-electron chi connectivity index (χ3n) is 3.67. The summed E-state index contributed by atoms with van der Waals surface area (Å²) in [4.78, 5) is 0. The summed E-state index contributed by atoms with van der Waals surface area (Å²) in [5.41, 5.74) is 1.21. The third-order valence-corrected chi connectivity index (χ3v) is 3.96. The Labute approximate surface area is 115 Å². The summed E-state index contributed by atoms with van der Waals surface area (Å²) < 4.78 is 5.78. The van der Waals surface area contributed by atoms with Gasteiger partial charge in [0.1, 0.15) is 5.75 Å². The quantitative estimate of drug-likeness (QED) is 0.834. The van der Waals surface area contributed by atoms with Crippen molar-refractivity contribution in [1.29, 1.82) is 0 Å². The van der Waals surface area contributed by atoms with Gasteiger partial charge in [-0.3, -0.25) is 0 Å². The molecule has 0 aliphatic heterocycles. The zero-order chi connectivity index (χ0) is 13.0. The SMILES string of the molecule is CCNC(C)c1ccc(OCC2CCC2)c(Cl)c1. The van der Waals surface area contributed by atoms with Crippen molar-refractivity contribution in [2.24, 2.45) is 5.92 Å². The van der Waals surface area contributed by atoms with Crippen LogP contribution < -0.4 is 10.1 Å². The molecule has 2 rings (SSSR count). The van der Waals surface area contributed by atoms with Gasteiger partial charge in [0.15, 0.2) is 0 Å². The maximum absolute atomic E-state index is 6.27. The molecule has 0 radical (unpaired) electrons. The molecule has 0 aromatic heterocycles. The van der Waals surface area contributed by atoms with Crippen LogP contribution >= 0.6 is 11.6 Å². The van der Waals surface area contributed by atoms with E-state index in [9.17, 15) is 0 Å². The molecule has 1 fully saturated rings. The van der Waals surface area contributed by atoms with Gasteiger partial charge in [0.2, 0.25) is 0 Å². The number of rotatable bonds is 6. The first-order valence-corrected chi connectivity index (χ1v) is 7.24. The molecular weight excluding hydrogens is 246 g/mol. The van der Waals surface area contributed by atoms with E-state index in [-0.39, 0.29) is 0 Å². The molecule has 1 N–H and O–H groups in total. The fourth-order valence-corrected chi connectivity index (χ4v) is 2.44. The van der Waals surface area contributed by atoms with Gasteiger partial charge in [0, 0.05) is 6.04 Å². The lowest BCUT2D eigenvalue weighted by Gasteiger charge is -2.25. The van der Waals surface area contributed by atoms with E-state index in [1.807, 2.05) is 12.1 Å². The van der Waals surface area contributed by atoms with Crippen LogP contribution in [0.4, 0.5) is 0 Å². The number of hydrogen-bond acceptors (Lipinski definition) is 2. The molecular formula is C15H22ClNO. The number of benzene rings is 1. The monoisotopic (exact) mass is 267 g/mol. The molecule has 0 saturated heterocycles. The molecule has 1 aliphatic rings. The maximum Gasteiger partial charge on any atom is 0.137 e. The molecule has 18 heavy (non-hydrogen) atoms. The summed E-state index contributed by atoms with van der Waals surface area (Å²) in [5, 5.41) is 4.10. The first-order chi connectivity index (χ1) is 8.70. The van der Waals surface area contributed by atoms with E-state index in [2.05, 4.69) is 25.2 Å². The zero-order valence-electron chi connectivity index (χ0n) is 11.2. The third kappa shape index (κ3) is 3.39. The van der Waals surface area contributed by atoms with Crippen molar-refractivity contribution in [2.75, 3.05) is 13.2 Å².